The van der Waals surface area contributed by atoms with Crippen LogP contribution in [0.25, 0.3) is 23.5 Å². The molecule has 0 aliphatic rings. The van der Waals surface area contributed by atoms with Gasteiger partial charge in [-0.25, -0.2) is 0 Å². The lowest BCUT2D eigenvalue weighted by molar-refractivity contribution is 0.355. The van der Waals surface area contributed by atoms with Crippen LogP contribution < -0.4 is 14.2 Å². The van der Waals surface area contributed by atoms with Crippen LogP contribution in [0.3, 0.4) is 0 Å². The molecule has 6 heteroatoms. The molecule has 128 valence electrons. The second-order valence-electron chi connectivity index (χ2n) is 5.14. The molecule has 3 rings (SSSR count). The minimum absolute atomic E-state index is 0.410. The zero-order valence-corrected chi connectivity index (χ0v) is 14.2. The predicted molar refractivity (Wildman–Crippen MR) is 94.8 cm³/mol. The number of benzene rings is 2. The van der Waals surface area contributed by atoms with Crippen molar-refractivity contribution < 1.29 is 18.7 Å². The highest BCUT2D eigenvalue weighted by Gasteiger charge is 2.08. The molecule has 0 amide bonds. The fourth-order valence-electron chi connectivity index (χ4n) is 2.31. The molecule has 6 nitrogen and oxygen atoms in total. The maximum absolute atomic E-state index is 5.29. The van der Waals surface area contributed by atoms with E-state index in [1.54, 1.807) is 27.4 Å². The van der Waals surface area contributed by atoms with Crippen molar-refractivity contribution in [3.8, 4) is 28.6 Å². The fraction of sp³-hybridized carbons (Fsp3) is 0.158. The molecule has 0 unspecified atom stereocenters. The molecule has 0 saturated carbocycles. The zero-order chi connectivity index (χ0) is 17.6. The van der Waals surface area contributed by atoms with Gasteiger partial charge in [0.1, 0.15) is 5.75 Å². The first-order valence-corrected chi connectivity index (χ1v) is 7.61. The van der Waals surface area contributed by atoms with Crippen molar-refractivity contribution in [2.75, 3.05) is 21.3 Å². The average Bonchev–Trinajstić information content (AvgIpc) is 3.15. The second kappa shape index (κ2) is 7.53. The quantitative estimate of drug-likeness (QED) is 0.678. The van der Waals surface area contributed by atoms with Gasteiger partial charge in [-0.15, -0.1) is 0 Å². The lowest BCUT2D eigenvalue weighted by atomic mass is 10.2. The summed E-state index contributed by atoms with van der Waals surface area (Å²) in [5, 5.41) is 4.00. The van der Waals surface area contributed by atoms with Crippen LogP contribution in [-0.4, -0.2) is 31.5 Å². The van der Waals surface area contributed by atoms with Gasteiger partial charge >= 0.3 is 0 Å². The van der Waals surface area contributed by atoms with Gasteiger partial charge in [0.2, 0.25) is 5.82 Å². The number of aromatic nitrogens is 2. The number of nitrogens with zero attached hydrogens (tertiary/aromatic N) is 2. The first-order chi connectivity index (χ1) is 12.2. The third-order valence-electron chi connectivity index (χ3n) is 3.60. The molecule has 1 aromatic heterocycles. The van der Waals surface area contributed by atoms with E-state index in [2.05, 4.69) is 10.1 Å². The Morgan fingerprint density at radius 1 is 0.880 bits per heavy atom. The Labute approximate surface area is 145 Å². The number of rotatable bonds is 6. The molecule has 25 heavy (non-hydrogen) atoms. The van der Waals surface area contributed by atoms with Crippen LogP contribution in [0, 0.1) is 0 Å². The molecular formula is C19H18N2O4. The highest BCUT2D eigenvalue weighted by molar-refractivity contribution is 5.68. The molecular weight excluding hydrogens is 320 g/mol. The molecule has 0 fully saturated rings. The molecule has 0 aliphatic carbocycles. The third kappa shape index (κ3) is 3.80. The van der Waals surface area contributed by atoms with Crippen LogP contribution in [0.4, 0.5) is 0 Å². The van der Waals surface area contributed by atoms with Gasteiger partial charge in [-0.1, -0.05) is 23.4 Å². The van der Waals surface area contributed by atoms with Crippen LogP contribution in [0.15, 0.2) is 47.0 Å². The standard InChI is InChI=1S/C19H18N2O4/c1-22-15-6-4-5-14(12-15)19-20-18(25-21-19)10-8-13-7-9-16(23-2)17(11-13)24-3/h4-12H,1-3H3. The smallest absolute Gasteiger partial charge is 0.250 e. The van der Waals surface area contributed by atoms with Gasteiger partial charge < -0.3 is 18.7 Å². The lowest BCUT2D eigenvalue weighted by Gasteiger charge is -2.07. The van der Waals surface area contributed by atoms with Crippen molar-refractivity contribution in [1.29, 1.82) is 0 Å². The van der Waals surface area contributed by atoms with Crippen molar-refractivity contribution in [1.82, 2.24) is 10.1 Å². The van der Waals surface area contributed by atoms with Crippen LogP contribution in [-0.2, 0) is 0 Å². The Bertz CT molecular complexity index is 887. The van der Waals surface area contributed by atoms with Gasteiger partial charge in [0.05, 0.1) is 21.3 Å². The molecule has 0 aliphatic heterocycles. The van der Waals surface area contributed by atoms with Gasteiger partial charge in [0, 0.05) is 11.6 Å². The van der Waals surface area contributed by atoms with E-state index >= 15 is 0 Å². The van der Waals surface area contributed by atoms with E-state index in [-0.39, 0.29) is 0 Å². The van der Waals surface area contributed by atoms with Crippen LogP contribution >= 0.6 is 0 Å². The summed E-state index contributed by atoms with van der Waals surface area (Å²) in [4.78, 5) is 4.37. The maximum atomic E-state index is 5.29. The summed E-state index contributed by atoms with van der Waals surface area (Å²) < 4.78 is 21.0. The summed E-state index contributed by atoms with van der Waals surface area (Å²) in [7, 11) is 4.82. The van der Waals surface area contributed by atoms with Crippen molar-refractivity contribution >= 4 is 12.2 Å². The van der Waals surface area contributed by atoms with Gasteiger partial charge in [0.25, 0.3) is 5.89 Å². The molecule has 0 saturated heterocycles. The van der Waals surface area contributed by atoms with Gasteiger partial charge in [-0.3, -0.25) is 0 Å². The first-order valence-electron chi connectivity index (χ1n) is 7.61. The Kier molecular flexibility index (Phi) is 4.99. The van der Waals surface area contributed by atoms with Gasteiger partial charge in [-0.05, 0) is 35.9 Å². The predicted octanol–water partition coefficient (Wildman–Crippen LogP) is 3.93. The lowest BCUT2D eigenvalue weighted by Crippen LogP contribution is -1.90. The molecule has 3 aromatic rings. The SMILES string of the molecule is COc1cccc(-c2noc(C=Cc3ccc(OC)c(OC)c3)n2)c1. The molecule has 2 aromatic carbocycles. The van der Waals surface area contributed by atoms with Crippen LogP contribution in [0.5, 0.6) is 17.2 Å². The van der Waals surface area contributed by atoms with Gasteiger partial charge in [0.15, 0.2) is 11.5 Å². The molecule has 0 bridgehead atoms. The maximum Gasteiger partial charge on any atom is 0.250 e. The van der Waals surface area contributed by atoms with E-state index in [0.717, 1.165) is 16.9 Å². The number of hydrogen-bond acceptors (Lipinski definition) is 6. The first kappa shape index (κ1) is 16.6. The van der Waals surface area contributed by atoms with Crippen LogP contribution in [0.2, 0.25) is 0 Å². The number of hydrogen-bond donors (Lipinski definition) is 0. The van der Waals surface area contributed by atoms with Crippen LogP contribution in [0.1, 0.15) is 11.5 Å². The van der Waals surface area contributed by atoms with Crippen molar-refractivity contribution in [2.24, 2.45) is 0 Å². The van der Waals surface area contributed by atoms with Crippen molar-refractivity contribution in [3.63, 3.8) is 0 Å². The number of methoxy groups -OCH3 is 3. The Morgan fingerprint density at radius 3 is 2.48 bits per heavy atom. The average molecular weight is 338 g/mol. The van der Waals surface area contributed by atoms with Crippen molar-refractivity contribution in [2.45, 2.75) is 0 Å². The summed E-state index contributed by atoms with van der Waals surface area (Å²) in [6.45, 7) is 0. The van der Waals surface area contributed by atoms with E-state index in [0.29, 0.717) is 23.2 Å². The second-order valence-corrected chi connectivity index (χ2v) is 5.14. The van der Waals surface area contributed by atoms with Crippen molar-refractivity contribution in [3.05, 3.63) is 53.9 Å². The third-order valence-corrected chi connectivity index (χ3v) is 3.60. The number of ether oxygens (including phenoxy) is 3. The Balaban J connectivity index is 1.80. The summed E-state index contributed by atoms with van der Waals surface area (Å²) in [6, 6.07) is 13.1. The van der Waals surface area contributed by atoms with E-state index in [4.69, 9.17) is 18.7 Å². The molecule has 1 heterocycles. The fourth-order valence-corrected chi connectivity index (χ4v) is 2.31. The highest BCUT2D eigenvalue weighted by Crippen LogP contribution is 2.28. The minimum Gasteiger partial charge on any atom is -0.497 e. The summed E-state index contributed by atoms with van der Waals surface area (Å²) in [6.07, 6.45) is 3.61. The highest BCUT2D eigenvalue weighted by atomic mass is 16.5. The Hall–Kier alpha value is -3.28. The largest absolute Gasteiger partial charge is 0.497 e. The topological polar surface area (TPSA) is 66.6 Å². The zero-order valence-electron chi connectivity index (χ0n) is 14.2. The van der Waals surface area contributed by atoms with Gasteiger partial charge in [-0.2, -0.15) is 4.98 Å². The monoisotopic (exact) mass is 338 g/mol. The Morgan fingerprint density at radius 2 is 1.72 bits per heavy atom. The molecule has 0 N–H and O–H groups in total. The summed E-state index contributed by atoms with van der Waals surface area (Å²) in [5.74, 6) is 2.99. The minimum atomic E-state index is 0.410. The normalized spacial score (nSPS) is 10.8. The molecule has 0 spiro atoms. The van der Waals surface area contributed by atoms with E-state index in [1.807, 2.05) is 48.5 Å². The van der Waals surface area contributed by atoms with E-state index in [1.165, 1.54) is 0 Å². The van der Waals surface area contributed by atoms with E-state index < -0.39 is 0 Å². The summed E-state index contributed by atoms with van der Waals surface area (Å²) >= 11 is 0. The van der Waals surface area contributed by atoms with E-state index in [9.17, 15) is 0 Å². The molecule has 0 radical (unpaired) electrons. The molecule has 0 atom stereocenters. The summed E-state index contributed by atoms with van der Waals surface area (Å²) in [5.41, 5.74) is 1.76.